The van der Waals surface area contributed by atoms with Crippen LogP contribution in [0.25, 0.3) is 28.0 Å². The Morgan fingerprint density at radius 1 is 1.13 bits per heavy atom. The monoisotopic (exact) mass is 395 g/mol. The predicted molar refractivity (Wildman–Crippen MR) is 117 cm³/mol. The number of rotatable bonds is 5. The molecule has 148 valence electrons. The van der Waals surface area contributed by atoms with E-state index in [1.54, 1.807) is 23.0 Å². The normalized spacial score (nSPS) is 10.9. The number of nitrogens with zero attached hydrogens (tertiary/aromatic N) is 4. The van der Waals surface area contributed by atoms with E-state index in [1.165, 1.54) is 0 Å². The average molecular weight is 395 g/mol. The lowest BCUT2D eigenvalue weighted by molar-refractivity contribution is -0.116. The van der Waals surface area contributed by atoms with Crippen molar-refractivity contribution in [3.05, 3.63) is 72.6 Å². The van der Waals surface area contributed by atoms with Crippen molar-refractivity contribution in [1.82, 2.24) is 14.6 Å². The van der Waals surface area contributed by atoms with Crippen molar-refractivity contribution >= 4 is 17.2 Å². The fourth-order valence-electron chi connectivity index (χ4n) is 3.41. The van der Waals surface area contributed by atoms with Crippen LogP contribution < -0.4 is 5.32 Å². The minimum absolute atomic E-state index is 0.000718. The molecule has 0 fully saturated rings. The van der Waals surface area contributed by atoms with Gasteiger partial charge in [-0.25, -0.2) is 9.50 Å². The Kier molecular flexibility index (Phi) is 5.27. The van der Waals surface area contributed by atoms with Gasteiger partial charge in [-0.1, -0.05) is 38.1 Å². The van der Waals surface area contributed by atoms with Crippen LogP contribution >= 0.6 is 0 Å². The number of carbonyl (C=O) groups is 1. The van der Waals surface area contributed by atoms with Crippen molar-refractivity contribution in [3.8, 4) is 28.5 Å². The van der Waals surface area contributed by atoms with Gasteiger partial charge in [0.05, 0.1) is 23.5 Å². The first-order valence-electron chi connectivity index (χ1n) is 9.78. The number of fused-ring (bicyclic) bond motifs is 1. The molecule has 0 aliphatic rings. The molecule has 2 aromatic carbocycles. The summed E-state index contributed by atoms with van der Waals surface area (Å²) in [5.74, 6) is 0.302. The number of nitrogens with one attached hydrogen (secondary N) is 1. The Morgan fingerprint density at radius 3 is 2.73 bits per heavy atom. The zero-order chi connectivity index (χ0) is 21.1. The Morgan fingerprint density at radius 2 is 1.93 bits per heavy atom. The summed E-state index contributed by atoms with van der Waals surface area (Å²) >= 11 is 0. The lowest BCUT2D eigenvalue weighted by Gasteiger charge is -2.10. The van der Waals surface area contributed by atoms with Crippen molar-refractivity contribution in [1.29, 1.82) is 5.26 Å². The predicted octanol–water partition coefficient (Wildman–Crippen LogP) is 4.92. The number of benzene rings is 2. The Bertz CT molecular complexity index is 1270. The van der Waals surface area contributed by atoms with Gasteiger partial charge in [0.15, 0.2) is 5.65 Å². The highest BCUT2D eigenvalue weighted by atomic mass is 16.1. The molecule has 0 spiro atoms. The van der Waals surface area contributed by atoms with E-state index in [9.17, 15) is 10.1 Å². The summed E-state index contributed by atoms with van der Waals surface area (Å²) in [6, 6.07) is 19.2. The molecular weight excluding hydrogens is 374 g/mol. The van der Waals surface area contributed by atoms with Gasteiger partial charge in [-0.15, -0.1) is 0 Å². The van der Waals surface area contributed by atoms with Gasteiger partial charge in [0.25, 0.3) is 0 Å². The SMILES string of the molecule is CC(C)CC(=O)Nc1cccc(-c2ccnc3c(-c4cccc(C#N)c4)cnn23)c1. The third-order valence-electron chi connectivity index (χ3n) is 4.74. The highest BCUT2D eigenvalue weighted by Crippen LogP contribution is 2.28. The third-order valence-corrected chi connectivity index (χ3v) is 4.74. The lowest BCUT2D eigenvalue weighted by atomic mass is 10.1. The number of nitriles is 1. The largest absolute Gasteiger partial charge is 0.326 e. The van der Waals surface area contributed by atoms with Crippen LogP contribution in [0.5, 0.6) is 0 Å². The van der Waals surface area contributed by atoms with Gasteiger partial charge in [-0.2, -0.15) is 10.4 Å². The molecule has 1 N–H and O–H groups in total. The third kappa shape index (κ3) is 3.91. The molecule has 0 radical (unpaired) electrons. The fourth-order valence-corrected chi connectivity index (χ4v) is 3.41. The molecule has 6 nitrogen and oxygen atoms in total. The number of amides is 1. The van der Waals surface area contributed by atoms with E-state index >= 15 is 0 Å². The summed E-state index contributed by atoms with van der Waals surface area (Å²) in [6.45, 7) is 4.04. The van der Waals surface area contributed by atoms with Crippen LogP contribution in [-0.4, -0.2) is 20.5 Å². The van der Waals surface area contributed by atoms with Crippen LogP contribution in [0.3, 0.4) is 0 Å². The van der Waals surface area contributed by atoms with Crippen molar-refractivity contribution in [3.63, 3.8) is 0 Å². The molecule has 0 saturated carbocycles. The van der Waals surface area contributed by atoms with Crippen LogP contribution in [-0.2, 0) is 4.79 Å². The maximum Gasteiger partial charge on any atom is 0.224 e. The highest BCUT2D eigenvalue weighted by molar-refractivity contribution is 5.91. The first-order chi connectivity index (χ1) is 14.5. The molecule has 0 saturated heterocycles. The summed E-state index contributed by atoms with van der Waals surface area (Å²) in [4.78, 5) is 16.6. The maximum atomic E-state index is 12.1. The van der Waals surface area contributed by atoms with Crippen LogP contribution in [0, 0.1) is 17.2 Å². The van der Waals surface area contributed by atoms with E-state index in [4.69, 9.17) is 0 Å². The molecule has 6 heteroatoms. The number of aromatic nitrogens is 3. The molecular formula is C24H21N5O. The number of anilines is 1. The summed E-state index contributed by atoms with van der Waals surface area (Å²) in [5.41, 5.74) is 5.58. The van der Waals surface area contributed by atoms with E-state index in [0.717, 1.165) is 28.1 Å². The Hall–Kier alpha value is -3.98. The van der Waals surface area contributed by atoms with E-state index in [2.05, 4.69) is 21.5 Å². The quantitative estimate of drug-likeness (QED) is 0.520. The highest BCUT2D eigenvalue weighted by Gasteiger charge is 2.13. The molecule has 0 atom stereocenters. The maximum absolute atomic E-state index is 12.1. The van der Waals surface area contributed by atoms with Crippen molar-refractivity contribution in [2.24, 2.45) is 5.92 Å². The van der Waals surface area contributed by atoms with E-state index in [1.807, 2.05) is 62.4 Å². The summed E-state index contributed by atoms with van der Waals surface area (Å²) in [5, 5.41) is 16.7. The minimum atomic E-state index is 0.000718. The van der Waals surface area contributed by atoms with E-state index < -0.39 is 0 Å². The standard InChI is InChI=1S/C24H21N5O/c1-16(2)11-23(30)28-20-8-4-7-19(13-20)22-9-10-26-24-21(15-27-29(22)24)18-6-3-5-17(12-18)14-25/h3-10,12-13,15-16H,11H2,1-2H3,(H,28,30). The molecule has 30 heavy (non-hydrogen) atoms. The molecule has 4 rings (SSSR count). The van der Waals surface area contributed by atoms with Gasteiger partial charge in [0, 0.05) is 29.4 Å². The number of hydrogen-bond donors (Lipinski definition) is 1. The second-order valence-electron chi connectivity index (χ2n) is 7.54. The molecule has 0 aliphatic heterocycles. The van der Waals surface area contributed by atoms with Gasteiger partial charge >= 0.3 is 0 Å². The van der Waals surface area contributed by atoms with Crippen molar-refractivity contribution in [2.45, 2.75) is 20.3 Å². The molecule has 2 heterocycles. The van der Waals surface area contributed by atoms with Crippen molar-refractivity contribution in [2.75, 3.05) is 5.32 Å². The average Bonchev–Trinajstić information content (AvgIpc) is 3.17. The molecule has 2 aromatic heterocycles. The van der Waals surface area contributed by atoms with Crippen molar-refractivity contribution < 1.29 is 4.79 Å². The van der Waals surface area contributed by atoms with E-state index in [-0.39, 0.29) is 5.91 Å². The van der Waals surface area contributed by atoms with Gasteiger partial charge in [0.2, 0.25) is 5.91 Å². The Labute approximate surface area is 174 Å². The van der Waals surface area contributed by atoms with Gasteiger partial charge < -0.3 is 5.32 Å². The van der Waals surface area contributed by atoms with Crippen LogP contribution in [0.1, 0.15) is 25.8 Å². The van der Waals surface area contributed by atoms with Gasteiger partial charge in [-0.05, 0) is 41.8 Å². The first-order valence-corrected chi connectivity index (χ1v) is 9.78. The molecule has 0 unspecified atom stereocenters. The number of hydrogen-bond acceptors (Lipinski definition) is 4. The van der Waals surface area contributed by atoms with Crippen LogP contribution in [0.2, 0.25) is 0 Å². The molecule has 1 amide bonds. The fraction of sp³-hybridized carbons (Fsp3) is 0.167. The first kappa shape index (κ1) is 19.3. The number of carbonyl (C=O) groups excluding carboxylic acids is 1. The second-order valence-corrected chi connectivity index (χ2v) is 7.54. The molecule has 0 aliphatic carbocycles. The summed E-state index contributed by atoms with van der Waals surface area (Å²) in [6.07, 6.45) is 3.98. The summed E-state index contributed by atoms with van der Waals surface area (Å²) < 4.78 is 1.78. The zero-order valence-electron chi connectivity index (χ0n) is 16.8. The van der Waals surface area contributed by atoms with Gasteiger partial charge in [0.1, 0.15) is 0 Å². The van der Waals surface area contributed by atoms with Gasteiger partial charge in [-0.3, -0.25) is 4.79 Å². The van der Waals surface area contributed by atoms with Crippen LogP contribution in [0.4, 0.5) is 5.69 Å². The second kappa shape index (κ2) is 8.18. The minimum Gasteiger partial charge on any atom is -0.326 e. The molecule has 0 bridgehead atoms. The van der Waals surface area contributed by atoms with E-state index in [0.29, 0.717) is 23.5 Å². The topological polar surface area (TPSA) is 83.1 Å². The Balaban J connectivity index is 1.72. The molecule has 4 aromatic rings. The smallest absolute Gasteiger partial charge is 0.224 e. The van der Waals surface area contributed by atoms with Crippen LogP contribution in [0.15, 0.2) is 67.0 Å². The summed E-state index contributed by atoms with van der Waals surface area (Å²) in [7, 11) is 0. The lowest BCUT2D eigenvalue weighted by Crippen LogP contribution is -2.13. The zero-order valence-corrected chi connectivity index (χ0v) is 16.8.